The fraction of sp³-hybridized carbons (Fsp3) is 0.417. The van der Waals surface area contributed by atoms with Crippen LogP contribution in [0.3, 0.4) is 0 Å². The molecule has 19 heavy (non-hydrogen) atoms. The van der Waals surface area contributed by atoms with Crippen LogP contribution >= 0.6 is 0 Å². The molecule has 1 aliphatic rings. The van der Waals surface area contributed by atoms with Gasteiger partial charge in [-0.3, -0.25) is 4.79 Å². The fourth-order valence-electron chi connectivity index (χ4n) is 1.83. The van der Waals surface area contributed by atoms with Crippen LogP contribution in [-0.4, -0.2) is 37.4 Å². The predicted octanol–water partition coefficient (Wildman–Crippen LogP) is 0.383. The van der Waals surface area contributed by atoms with Crippen LogP contribution in [0.25, 0.3) is 0 Å². The molecule has 0 saturated carbocycles. The smallest absolute Gasteiger partial charge is 0.323 e. The lowest BCUT2D eigenvalue weighted by Gasteiger charge is -2.14. The van der Waals surface area contributed by atoms with E-state index in [0.717, 1.165) is 18.2 Å². The largest absolute Gasteiger partial charge is 0.488 e. The molecular formula is C12H15NO5S. The van der Waals surface area contributed by atoms with E-state index in [-0.39, 0.29) is 12.6 Å². The maximum absolute atomic E-state index is 11.7. The van der Waals surface area contributed by atoms with Crippen LogP contribution in [0.15, 0.2) is 24.3 Å². The van der Waals surface area contributed by atoms with E-state index in [0.29, 0.717) is 6.42 Å². The third-order valence-corrected chi connectivity index (χ3v) is 4.74. The molecule has 1 heterocycles. The Morgan fingerprint density at radius 2 is 2.21 bits per heavy atom. The molecule has 0 spiro atoms. The van der Waals surface area contributed by atoms with Crippen molar-refractivity contribution in [3.8, 4) is 5.75 Å². The lowest BCUT2D eigenvalue weighted by Crippen LogP contribution is -2.41. The Morgan fingerprint density at radius 1 is 1.53 bits per heavy atom. The van der Waals surface area contributed by atoms with Crippen LogP contribution in [0.1, 0.15) is 12.5 Å². The van der Waals surface area contributed by atoms with Gasteiger partial charge in [-0.05, 0) is 18.6 Å². The van der Waals surface area contributed by atoms with Crippen molar-refractivity contribution in [2.45, 2.75) is 24.7 Å². The molecule has 1 aromatic carbocycles. The first-order valence-electron chi connectivity index (χ1n) is 5.86. The van der Waals surface area contributed by atoms with Crippen molar-refractivity contribution in [2.24, 2.45) is 0 Å². The van der Waals surface area contributed by atoms with Gasteiger partial charge in [-0.15, -0.1) is 0 Å². The molecule has 104 valence electrons. The molecule has 0 fully saturated rings. The normalized spacial score (nSPS) is 19.5. The molecule has 0 radical (unpaired) electrons. The summed E-state index contributed by atoms with van der Waals surface area (Å²) in [5.41, 5.74) is 1.03. The van der Waals surface area contributed by atoms with E-state index >= 15 is 0 Å². The van der Waals surface area contributed by atoms with Crippen LogP contribution in [0, 0.1) is 0 Å². The fourth-order valence-corrected chi connectivity index (χ4v) is 2.77. The summed E-state index contributed by atoms with van der Waals surface area (Å²) in [5, 5.41) is 7.23. The van der Waals surface area contributed by atoms with Crippen molar-refractivity contribution in [2.75, 3.05) is 6.54 Å². The second kappa shape index (κ2) is 5.18. The first kappa shape index (κ1) is 13.8. The van der Waals surface area contributed by atoms with Gasteiger partial charge in [0.2, 0.25) is 10.0 Å². The van der Waals surface area contributed by atoms with Gasteiger partial charge in [0.15, 0.2) is 5.25 Å². The Balaban J connectivity index is 1.94. The quantitative estimate of drug-likeness (QED) is 0.816. The van der Waals surface area contributed by atoms with Crippen molar-refractivity contribution in [3.05, 3.63) is 29.8 Å². The molecule has 1 aromatic rings. The number of hydrogen-bond donors (Lipinski definition) is 2. The molecule has 0 saturated heterocycles. The number of sulfonamides is 1. The van der Waals surface area contributed by atoms with Gasteiger partial charge in [0, 0.05) is 13.0 Å². The van der Waals surface area contributed by atoms with Crippen LogP contribution in [0.2, 0.25) is 0 Å². The SMILES string of the molecule is CC(C(=O)O)S(=O)(=O)NCC1Cc2ccccc2O1. The predicted molar refractivity (Wildman–Crippen MR) is 68.6 cm³/mol. The van der Waals surface area contributed by atoms with E-state index in [1.54, 1.807) is 0 Å². The van der Waals surface area contributed by atoms with Gasteiger partial charge in [-0.25, -0.2) is 13.1 Å². The number of fused-ring (bicyclic) bond motifs is 1. The van der Waals surface area contributed by atoms with Gasteiger partial charge >= 0.3 is 5.97 Å². The number of para-hydroxylation sites is 1. The molecule has 2 unspecified atom stereocenters. The van der Waals surface area contributed by atoms with E-state index in [4.69, 9.17) is 9.84 Å². The molecule has 6 nitrogen and oxygen atoms in total. The molecule has 0 aromatic heterocycles. The highest BCUT2D eigenvalue weighted by atomic mass is 32.2. The van der Waals surface area contributed by atoms with Gasteiger partial charge < -0.3 is 9.84 Å². The minimum atomic E-state index is -3.86. The van der Waals surface area contributed by atoms with Gasteiger partial charge in [0.1, 0.15) is 11.9 Å². The second-order valence-corrected chi connectivity index (χ2v) is 6.51. The highest BCUT2D eigenvalue weighted by Gasteiger charge is 2.30. The highest BCUT2D eigenvalue weighted by molar-refractivity contribution is 7.90. The van der Waals surface area contributed by atoms with Crippen molar-refractivity contribution in [3.63, 3.8) is 0 Å². The molecule has 1 aliphatic heterocycles. The molecule has 0 bridgehead atoms. The third kappa shape index (κ3) is 3.05. The molecule has 2 atom stereocenters. The average Bonchev–Trinajstić information content (AvgIpc) is 2.78. The number of rotatable bonds is 5. The Hall–Kier alpha value is -1.60. The van der Waals surface area contributed by atoms with Crippen molar-refractivity contribution in [1.29, 1.82) is 0 Å². The Bertz CT molecular complexity index is 559. The topological polar surface area (TPSA) is 92.7 Å². The number of nitrogens with one attached hydrogen (secondary N) is 1. The summed E-state index contributed by atoms with van der Waals surface area (Å²) < 4.78 is 31.2. The minimum Gasteiger partial charge on any atom is -0.488 e. The summed E-state index contributed by atoms with van der Waals surface area (Å²) in [6.45, 7) is 1.20. The molecular weight excluding hydrogens is 270 g/mol. The zero-order valence-electron chi connectivity index (χ0n) is 10.4. The number of carbonyl (C=O) groups is 1. The average molecular weight is 285 g/mol. The monoisotopic (exact) mass is 285 g/mol. The van der Waals surface area contributed by atoms with E-state index in [1.165, 1.54) is 0 Å². The van der Waals surface area contributed by atoms with Crippen LogP contribution < -0.4 is 9.46 Å². The van der Waals surface area contributed by atoms with Gasteiger partial charge in [0.05, 0.1) is 0 Å². The standard InChI is InChI=1S/C12H15NO5S/c1-8(12(14)15)19(16,17)13-7-10-6-9-4-2-3-5-11(9)18-10/h2-5,8,10,13H,6-7H2,1H3,(H,14,15). The Labute approximate surface area is 111 Å². The van der Waals surface area contributed by atoms with Crippen molar-refractivity contribution < 1.29 is 23.1 Å². The van der Waals surface area contributed by atoms with Gasteiger partial charge in [-0.1, -0.05) is 18.2 Å². The first-order chi connectivity index (χ1) is 8.90. The zero-order chi connectivity index (χ0) is 14.0. The number of aliphatic carboxylic acids is 1. The van der Waals surface area contributed by atoms with Gasteiger partial charge in [-0.2, -0.15) is 0 Å². The summed E-state index contributed by atoms with van der Waals surface area (Å²) in [4.78, 5) is 10.7. The lowest BCUT2D eigenvalue weighted by atomic mass is 10.1. The van der Waals surface area contributed by atoms with Crippen molar-refractivity contribution in [1.82, 2.24) is 4.72 Å². The summed E-state index contributed by atoms with van der Waals surface area (Å²) in [7, 11) is -3.86. The molecule has 0 aliphatic carbocycles. The van der Waals surface area contributed by atoms with Crippen LogP contribution in [0.4, 0.5) is 0 Å². The number of carboxylic acid groups (broad SMARTS) is 1. The molecule has 0 amide bonds. The summed E-state index contributed by atoms with van der Waals surface area (Å²) in [6.07, 6.45) is 0.313. The summed E-state index contributed by atoms with van der Waals surface area (Å²) in [6, 6.07) is 7.48. The number of benzene rings is 1. The zero-order valence-corrected chi connectivity index (χ0v) is 11.2. The minimum absolute atomic E-state index is 0.0641. The van der Waals surface area contributed by atoms with Crippen molar-refractivity contribution >= 4 is 16.0 Å². The Kier molecular flexibility index (Phi) is 3.77. The highest BCUT2D eigenvalue weighted by Crippen LogP contribution is 2.27. The van der Waals surface area contributed by atoms with E-state index in [9.17, 15) is 13.2 Å². The molecule has 2 N–H and O–H groups in total. The summed E-state index contributed by atoms with van der Waals surface area (Å²) >= 11 is 0. The number of ether oxygens (including phenoxy) is 1. The Morgan fingerprint density at radius 3 is 2.84 bits per heavy atom. The van der Waals surface area contributed by atoms with E-state index < -0.39 is 21.2 Å². The second-order valence-electron chi connectivity index (χ2n) is 4.43. The van der Waals surface area contributed by atoms with Crippen LogP contribution in [0.5, 0.6) is 5.75 Å². The number of carboxylic acids is 1. The van der Waals surface area contributed by atoms with E-state index in [2.05, 4.69) is 4.72 Å². The van der Waals surface area contributed by atoms with Crippen LogP contribution in [-0.2, 0) is 21.2 Å². The lowest BCUT2D eigenvalue weighted by molar-refractivity contribution is -0.136. The first-order valence-corrected chi connectivity index (χ1v) is 7.40. The maximum atomic E-state index is 11.7. The molecule has 2 rings (SSSR count). The number of hydrogen-bond acceptors (Lipinski definition) is 4. The third-order valence-electron chi connectivity index (χ3n) is 3.04. The summed E-state index contributed by atoms with van der Waals surface area (Å²) in [5.74, 6) is -0.624. The maximum Gasteiger partial charge on any atom is 0.323 e. The van der Waals surface area contributed by atoms with E-state index in [1.807, 2.05) is 24.3 Å². The molecule has 7 heteroatoms. The van der Waals surface area contributed by atoms with Gasteiger partial charge in [0.25, 0.3) is 0 Å².